The molecular formula is C22H31N3O3S. The lowest BCUT2D eigenvalue weighted by Crippen LogP contribution is -2.46. The molecule has 0 radical (unpaired) electrons. The normalized spacial score (nSPS) is 10.6. The summed E-state index contributed by atoms with van der Waals surface area (Å²) >= 11 is 1.65. The van der Waals surface area contributed by atoms with Crippen LogP contribution in [0.4, 0.5) is 4.79 Å². The molecule has 29 heavy (non-hydrogen) atoms. The van der Waals surface area contributed by atoms with Crippen LogP contribution in [0.1, 0.15) is 22.4 Å². The number of rotatable bonds is 10. The fraction of sp³-hybridized carbons (Fsp3) is 0.455. The highest BCUT2D eigenvalue weighted by Crippen LogP contribution is 2.19. The molecule has 0 spiro atoms. The van der Waals surface area contributed by atoms with Gasteiger partial charge in [0, 0.05) is 45.8 Å². The Labute approximate surface area is 177 Å². The van der Waals surface area contributed by atoms with E-state index in [1.165, 1.54) is 15.3 Å². The molecule has 0 fully saturated rings. The summed E-state index contributed by atoms with van der Waals surface area (Å²) in [5, 5.41) is 2.04. The molecule has 0 N–H and O–H groups in total. The molecular weight excluding hydrogens is 386 g/mol. The van der Waals surface area contributed by atoms with Gasteiger partial charge in [-0.05, 0) is 35.9 Å². The van der Waals surface area contributed by atoms with Crippen LogP contribution in [0.2, 0.25) is 0 Å². The van der Waals surface area contributed by atoms with E-state index in [1.54, 1.807) is 37.4 Å². The van der Waals surface area contributed by atoms with Gasteiger partial charge in [0.25, 0.3) is 0 Å². The van der Waals surface area contributed by atoms with Crippen molar-refractivity contribution >= 4 is 23.3 Å². The molecule has 0 atom stereocenters. The van der Waals surface area contributed by atoms with Gasteiger partial charge >= 0.3 is 6.03 Å². The van der Waals surface area contributed by atoms with Crippen LogP contribution in [0, 0.1) is 6.92 Å². The molecule has 3 amide bonds. The minimum absolute atomic E-state index is 0.0536. The molecule has 0 saturated carbocycles. The number of hydrogen-bond donors (Lipinski definition) is 0. The summed E-state index contributed by atoms with van der Waals surface area (Å²) in [6.07, 6.45) is 0.687. The summed E-state index contributed by atoms with van der Waals surface area (Å²) in [7, 11) is 5.04. The molecule has 6 nitrogen and oxygen atoms in total. The Balaban J connectivity index is 2.16. The number of urea groups is 1. The first-order valence-corrected chi connectivity index (χ1v) is 10.6. The Morgan fingerprint density at radius 1 is 1.03 bits per heavy atom. The number of methoxy groups -OCH3 is 1. The van der Waals surface area contributed by atoms with Crippen LogP contribution in [0.5, 0.6) is 0 Å². The number of thiophene rings is 1. The van der Waals surface area contributed by atoms with Crippen LogP contribution < -0.4 is 0 Å². The van der Waals surface area contributed by atoms with Crippen LogP contribution in [0.25, 0.3) is 0 Å². The quantitative estimate of drug-likeness (QED) is 0.555. The lowest BCUT2D eigenvalue weighted by Gasteiger charge is -2.29. The van der Waals surface area contributed by atoms with Crippen LogP contribution >= 0.6 is 11.3 Å². The SMILES string of the molecule is COCCCN(CC(=O)N(Cc1ccccc1)Cc1sccc1C)C(=O)N(C)C. The van der Waals surface area contributed by atoms with Gasteiger partial charge in [-0.3, -0.25) is 4.79 Å². The lowest BCUT2D eigenvalue weighted by molar-refractivity contribution is -0.133. The Hall–Kier alpha value is -2.38. The third kappa shape index (κ3) is 7.18. The molecule has 0 aliphatic rings. The second-order valence-corrected chi connectivity index (χ2v) is 8.21. The molecule has 0 bridgehead atoms. The molecule has 1 aromatic heterocycles. The lowest BCUT2D eigenvalue weighted by atomic mass is 10.2. The van der Waals surface area contributed by atoms with Crippen LogP contribution in [0.3, 0.4) is 0 Å². The maximum atomic E-state index is 13.2. The molecule has 2 rings (SSSR count). The highest BCUT2D eigenvalue weighted by atomic mass is 32.1. The summed E-state index contributed by atoms with van der Waals surface area (Å²) in [5.74, 6) is -0.0609. The number of hydrogen-bond acceptors (Lipinski definition) is 4. The van der Waals surface area contributed by atoms with Crippen molar-refractivity contribution in [2.24, 2.45) is 0 Å². The van der Waals surface area contributed by atoms with Crippen LogP contribution in [0.15, 0.2) is 41.8 Å². The van der Waals surface area contributed by atoms with E-state index < -0.39 is 0 Å². The second kappa shape index (κ2) is 11.6. The van der Waals surface area contributed by atoms with Gasteiger partial charge in [-0.15, -0.1) is 11.3 Å². The maximum absolute atomic E-state index is 13.2. The zero-order valence-electron chi connectivity index (χ0n) is 17.8. The standard InChI is InChI=1S/C22H31N3O3S/c1-18-11-14-29-20(18)16-25(15-19-9-6-5-7-10-19)21(26)17-24(12-8-13-28-4)22(27)23(2)3/h5-7,9-11,14H,8,12-13,15-17H2,1-4H3. The first-order valence-electron chi connectivity index (χ1n) is 9.72. The minimum atomic E-state index is -0.165. The first-order chi connectivity index (χ1) is 13.9. The number of ether oxygens (including phenoxy) is 1. The van der Waals surface area contributed by atoms with Crippen molar-refractivity contribution in [3.05, 3.63) is 57.8 Å². The highest BCUT2D eigenvalue weighted by molar-refractivity contribution is 7.10. The Morgan fingerprint density at radius 3 is 2.34 bits per heavy atom. The summed E-state index contributed by atoms with van der Waals surface area (Å²) in [6.45, 7) is 4.20. The largest absolute Gasteiger partial charge is 0.385 e. The molecule has 0 unspecified atom stereocenters. The van der Waals surface area contributed by atoms with Crippen molar-refractivity contribution in [3.63, 3.8) is 0 Å². The first kappa shape index (κ1) is 22.9. The summed E-state index contributed by atoms with van der Waals surface area (Å²) in [4.78, 5) is 31.9. The molecule has 1 heterocycles. The van der Waals surface area contributed by atoms with Gasteiger partial charge < -0.3 is 19.4 Å². The maximum Gasteiger partial charge on any atom is 0.319 e. The topological polar surface area (TPSA) is 53.1 Å². The zero-order valence-corrected chi connectivity index (χ0v) is 18.6. The monoisotopic (exact) mass is 417 g/mol. The van der Waals surface area contributed by atoms with Gasteiger partial charge in [-0.1, -0.05) is 30.3 Å². The fourth-order valence-corrected chi connectivity index (χ4v) is 3.88. The summed E-state index contributed by atoms with van der Waals surface area (Å²) in [6, 6.07) is 11.8. The smallest absolute Gasteiger partial charge is 0.319 e. The average molecular weight is 418 g/mol. The van der Waals surface area contributed by atoms with Crippen molar-refractivity contribution in [3.8, 4) is 0 Å². The van der Waals surface area contributed by atoms with E-state index in [0.29, 0.717) is 32.7 Å². The van der Waals surface area contributed by atoms with Gasteiger partial charge in [-0.25, -0.2) is 4.79 Å². The number of carbonyl (C=O) groups is 2. The number of aryl methyl sites for hydroxylation is 1. The van der Waals surface area contributed by atoms with Crippen molar-refractivity contribution in [1.82, 2.24) is 14.7 Å². The number of carbonyl (C=O) groups excluding carboxylic acids is 2. The van der Waals surface area contributed by atoms with Crippen molar-refractivity contribution in [1.29, 1.82) is 0 Å². The third-order valence-corrected chi connectivity index (χ3v) is 5.64. The Morgan fingerprint density at radius 2 is 1.76 bits per heavy atom. The van der Waals surface area contributed by atoms with Gasteiger partial charge in [0.05, 0.1) is 6.54 Å². The van der Waals surface area contributed by atoms with Crippen LogP contribution in [-0.4, -0.2) is 67.5 Å². The van der Waals surface area contributed by atoms with Crippen molar-refractivity contribution in [2.75, 3.05) is 40.9 Å². The van der Waals surface area contributed by atoms with E-state index in [0.717, 1.165) is 5.56 Å². The molecule has 1 aromatic carbocycles. The van der Waals surface area contributed by atoms with Gasteiger partial charge in [0.15, 0.2) is 0 Å². The predicted octanol–water partition coefficient (Wildman–Crippen LogP) is 3.61. The zero-order chi connectivity index (χ0) is 21.2. The number of benzene rings is 1. The van der Waals surface area contributed by atoms with Crippen molar-refractivity contribution in [2.45, 2.75) is 26.4 Å². The minimum Gasteiger partial charge on any atom is -0.385 e. The van der Waals surface area contributed by atoms with Crippen molar-refractivity contribution < 1.29 is 14.3 Å². The average Bonchev–Trinajstić information content (AvgIpc) is 3.11. The Bertz CT molecular complexity index is 777. The van der Waals surface area contributed by atoms with E-state index in [-0.39, 0.29) is 18.5 Å². The summed E-state index contributed by atoms with van der Waals surface area (Å²) in [5.41, 5.74) is 2.25. The molecule has 0 aliphatic carbocycles. The van der Waals surface area contributed by atoms with Gasteiger partial charge in [0.2, 0.25) is 5.91 Å². The third-order valence-electron chi connectivity index (χ3n) is 4.63. The Kier molecular flexibility index (Phi) is 9.15. The number of nitrogens with zero attached hydrogens (tertiary/aromatic N) is 3. The molecule has 0 saturated heterocycles. The van der Waals surface area contributed by atoms with Gasteiger partial charge in [-0.2, -0.15) is 0 Å². The number of amides is 3. The molecule has 2 aromatic rings. The van der Waals surface area contributed by atoms with E-state index in [9.17, 15) is 9.59 Å². The van der Waals surface area contributed by atoms with E-state index in [4.69, 9.17) is 4.74 Å². The second-order valence-electron chi connectivity index (χ2n) is 7.21. The molecule has 7 heteroatoms. The van der Waals surface area contributed by atoms with E-state index in [2.05, 4.69) is 13.0 Å². The predicted molar refractivity (Wildman–Crippen MR) is 117 cm³/mol. The van der Waals surface area contributed by atoms with E-state index in [1.807, 2.05) is 40.6 Å². The summed E-state index contributed by atoms with van der Waals surface area (Å²) < 4.78 is 5.10. The van der Waals surface area contributed by atoms with Gasteiger partial charge in [0.1, 0.15) is 6.54 Å². The molecule has 158 valence electrons. The van der Waals surface area contributed by atoms with Crippen LogP contribution in [-0.2, 0) is 22.6 Å². The fourth-order valence-electron chi connectivity index (χ4n) is 2.96. The highest BCUT2D eigenvalue weighted by Gasteiger charge is 2.23. The van der Waals surface area contributed by atoms with E-state index >= 15 is 0 Å². The molecule has 0 aliphatic heterocycles.